The van der Waals surface area contributed by atoms with Gasteiger partial charge in [-0.05, 0) is 43.0 Å². The number of nitrogens with zero attached hydrogens (tertiary/aromatic N) is 2. The van der Waals surface area contributed by atoms with Gasteiger partial charge in [0.25, 0.3) is 0 Å². The smallest absolute Gasteiger partial charge is 0.182 e. The molecule has 1 aliphatic heterocycles. The van der Waals surface area contributed by atoms with Crippen molar-refractivity contribution < 1.29 is 4.79 Å². The van der Waals surface area contributed by atoms with Crippen LogP contribution >= 0.6 is 0 Å². The zero-order valence-electron chi connectivity index (χ0n) is 17.6. The first-order valence-corrected chi connectivity index (χ1v) is 10.8. The fourth-order valence-corrected chi connectivity index (χ4v) is 3.85. The number of carbonyl (C=O) groups is 1. The quantitative estimate of drug-likeness (QED) is 0.473. The summed E-state index contributed by atoms with van der Waals surface area (Å²) >= 11 is 0. The minimum atomic E-state index is 0.113. The number of hydrogen-bond acceptors (Lipinski definition) is 3. The monoisotopic (exact) mass is 396 g/mol. The van der Waals surface area contributed by atoms with Crippen LogP contribution in [0.25, 0.3) is 11.1 Å². The van der Waals surface area contributed by atoms with E-state index in [1.807, 2.05) is 42.5 Å². The summed E-state index contributed by atoms with van der Waals surface area (Å²) in [4.78, 5) is 20.1. The number of aryl methyl sites for hydroxylation is 1. The Morgan fingerprint density at radius 3 is 2.27 bits per heavy atom. The summed E-state index contributed by atoms with van der Waals surface area (Å²) in [5.74, 6) is 1.15. The number of rotatable bonds is 5. The van der Waals surface area contributed by atoms with Gasteiger partial charge < -0.3 is 4.90 Å². The van der Waals surface area contributed by atoms with Crippen LogP contribution in [0.15, 0.2) is 83.9 Å². The third kappa shape index (κ3) is 4.85. The number of carbonyl (C=O) groups excluding carboxylic acids is 1. The minimum absolute atomic E-state index is 0.113. The standard InChI is InChI=1S/C27H28N2O/c1-21-11-17-25(18-12-21)29(27-10-6-3-7-19-28-27)20-26(30)24-15-13-23(14-16-24)22-8-4-2-5-9-22/h2,4-5,8-9,11-18H,3,6-7,10,19-20H2,1H3. The van der Waals surface area contributed by atoms with E-state index in [9.17, 15) is 4.79 Å². The Morgan fingerprint density at radius 1 is 0.833 bits per heavy atom. The Kier molecular flexibility index (Phi) is 6.38. The molecule has 0 amide bonds. The Morgan fingerprint density at radius 2 is 1.53 bits per heavy atom. The molecule has 30 heavy (non-hydrogen) atoms. The van der Waals surface area contributed by atoms with Crippen LogP contribution in [0.2, 0.25) is 0 Å². The van der Waals surface area contributed by atoms with Crippen molar-refractivity contribution in [2.45, 2.75) is 32.6 Å². The van der Waals surface area contributed by atoms with Gasteiger partial charge in [-0.3, -0.25) is 9.79 Å². The fraction of sp³-hybridized carbons (Fsp3) is 0.259. The molecule has 0 spiro atoms. The van der Waals surface area contributed by atoms with E-state index >= 15 is 0 Å². The highest BCUT2D eigenvalue weighted by molar-refractivity contribution is 6.07. The molecule has 0 saturated carbocycles. The molecule has 3 aromatic rings. The van der Waals surface area contributed by atoms with E-state index in [1.54, 1.807) is 0 Å². The van der Waals surface area contributed by atoms with E-state index in [4.69, 9.17) is 4.99 Å². The molecule has 0 N–H and O–H groups in total. The van der Waals surface area contributed by atoms with Crippen LogP contribution in [0.3, 0.4) is 0 Å². The van der Waals surface area contributed by atoms with Crippen LogP contribution in [-0.4, -0.2) is 24.7 Å². The number of amidine groups is 1. The molecule has 0 saturated heterocycles. The highest BCUT2D eigenvalue weighted by Gasteiger charge is 2.19. The van der Waals surface area contributed by atoms with Gasteiger partial charge in [0.15, 0.2) is 5.78 Å². The molecule has 0 bridgehead atoms. The highest BCUT2D eigenvalue weighted by Crippen LogP contribution is 2.22. The summed E-state index contributed by atoms with van der Waals surface area (Å²) in [5, 5.41) is 0. The van der Waals surface area contributed by atoms with Crippen molar-refractivity contribution in [1.29, 1.82) is 0 Å². The Balaban J connectivity index is 1.56. The number of benzene rings is 3. The van der Waals surface area contributed by atoms with Gasteiger partial charge >= 0.3 is 0 Å². The fourth-order valence-electron chi connectivity index (χ4n) is 3.85. The largest absolute Gasteiger partial charge is 0.322 e. The normalized spacial score (nSPS) is 14.0. The van der Waals surface area contributed by atoms with E-state index in [0.717, 1.165) is 54.0 Å². The molecule has 1 aliphatic rings. The highest BCUT2D eigenvalue weighted by atomic mass is 16.1. The van der Waals surface area contributed by atoms with E-state index in [1.165, 1.54) is 12.0 Å². The zero-order chi connectivity index (χ0) is 20.8. The lowest BCUT2D eigenvalue weighted by Gasteiger charge is -2.26. The predicted molar refractivity (Wildman–Crippen MR) is 126 cm³/mol. The summed E-state index contributed by atoms with van der Waals surface area (Å²) in [6, 6.07) is 26.5. The molecule has 0 aliphatic carbocycles. The molecule has 0 aromatic heterocycles. The van der Waals surface area contributed by atoms with E-state index < -0.39 is 0 Å². The molecule has 0 radical (unpaired) electrons. The molecule has 3 aromatic carbocycles. The first kappa shape index (κ1) is 20.1. The van der Waals surface area contributed by atoms with Crippen LogP contribution in [-0.2, 0) is 0 Å². The Hall–Kier alpha value is -3.20. The maximum atomic E-state index is 13.2. The van der Waals surface area contributed by atoms with E-state index in [-0.39, 0.29) is 5.78 Å². The average Bonchev–Trinajstić information content (AvgIpc) is 3.08. The topological polar surface area (TPSA) is 32.7 Å². The molecule has 3 nitrogen and oxygen atoms in total. The lowest BCUT2D eigenvalue weighted by atomic mass is 10.0. The first-order valence-electron chi connectivity index (χ1n) is 10.8. The molecule has 3 heteroatoms. The first-order chi connectivity index (χ1) is 14.7. The second-order valence-corrected chi connectivity index (χ2v) is 7.90. The third-order valence-corrected chi connectivity index (χ3v) is 5.63. The second kappa shape index (κ2) is 9.53. The van der Waals surface area contributed by atoms with Gasteiger partial charge in [-0.2, -0.15) is 0 Å². The summed E-state index contributed by atoms with van der Waals surface area (Å²) < 4.78 is 0. The van der Waals surface area contributed by atoms with Gasteiger partial charge in [0, 0.05) is 24.2 Å². The van der Waals surface area contributed by atoms with Crippen molar-refractivity contribution in [2.24, 2.45) is 4.99 Å². The van der Waals surface area contributed by atoms with Crippen LogP contribution in [0.5, 0.6) is 0 Å². The molecular formula is C27H28N2O. The van der Waals surface area contributed by atoms with Crippen LogP contribution < -0.4 is 4.90 Å². The Labute approximate surface area is 179 Å². The van der Waals surface area contributed by atoms with E-state index in [2.05, 4.69) is 48.2 Å². The van der Waals surface area contributed by atoms with Crippen LogP contribution in [0.4, 0.5) is 5.69 Å². The zero-order valence-corrected chi connectivity index (χ0v) is 17.6. The minimum Gasteiger partial charge on any atom is -0.322 e. The number of Topliss-reactive ketones (excluding diaryl/α,β-unsaturated/α-hetero) is 1. The van der Waals surface area contributed by atoms with Crippen molar-refractivity contribution in [3.63, 3.8) is 0 Å². The number of ketones is 1. The van der Waals surface area contributed by atoms with E-state index in [0.29, 0.717) is 6.54 Å². The average molecular weight is 397 g/mol. The van der Waals surface area contributed by atoms with Gasteiger partial charge in [-0.25, -0.2) is 0 Å². The number of aliphatic imine (C=N–C) groups is 1. The molecule has 152 valence electrons. The van der Waals surface area contributed by atoms with Crippen molar-refractivity contribution >= 4 is 17.3 Å². The van der Waals surface area contributed by atoms with Crippen LogP contribution in [0, 0.1) is 6.92 Å². The second-order valence-electron chi connectivity index (χ2n) is 7.90. The van der Waals surface area contributed by atoms with Gasteiger partial charge in [-0.15, -0.1) is 0 Å². The molecule has 1 heterocycles. The van der Waals surface area contributed by atoms with Gasteiger partial charge in [-0.1, -0.05) is 78.7 Å². The number of hydrogen-bond donors (Lipinski definition) is 0. The summed E-state index contributed by atoms with van der Waals surface area (Å²) in [6.45, 7) is 3.24. The van der Waals surface area contributed by atoms with Gasteiger partial charge in [0.1, 0.15) is 5.84 Å². The summed E-state index contributed by atoms with van der Waals surface area (Å²) in [5.41, 5.74) is 5.27. The Bertz CT molecular complexity index is 1000. The summed E-state index contributed by atoms with van der Waals surface area (Å²) in [7, 11) is 0. The maximum absolute atomic E-state index is 13.2. The van der Waals surface area contributed by atoms with Crippen molar-refractivity contribution in [2.75, 3.05) is 18.0 Å². The molecule has 4 rings (SSSR count). The molecule has 0 fully saturated rings. The lowest BCUT2D eigenvalue weighted by Crippen LogP contribution is -2.36. The van der Waals surface area contributed by atoms with Gasteiger partial charge in [0.05, 0.1) is 6.54 Å². The lowest BCUT2D eigenvalue weighted by molar-refractivity contribution is 0.100. The SMILES string of the molecule is Cc1ccc(N(CC(=O)c2ccc(-c3ccccc3)cc2)C2=NCCCCC2)cc1. The van der Waals surface area contributed by atoms with Crippen molar-refractivity contribution in [3.8, 4) is 11.1 Å². The molecule has 0 unspecified atom stereocenters. The number of anilines is 1. The molecular weight excluding hydrogens is 368 g/mol. The molecule has 0 atom stereocenters. The van der Waals surface area contributed by atoms with Crippen molar-refractivity contribution in [3.05, 3.63) is 90.0 Å². The van der Waals surface area contributed by atoms with Gasteiger partial charge in [0.2, 0.25) is 0 Å². The van der Waals surface area contributed by atoms with Crippen LogP contribution in [0.1, 0.15) is 41.6 Å². The third-order valence-electron chi connectivity index (χ3n) is 5.63. The predicted octanol–water partition coefficient (Wildman–Crippen LogP) is 6.32. The summed E-state index contributed by atoms with van der Waals surface area (Å²) in [6.07, 6.45) is 4.37. The maximum Gasteiger partial charge on any atom is 0.182 e. The van der Waals surface area contributed by atoms with Crippen molar-refractivity contribution in [1.82, 2.24) is 0 Å².